The highest BCUT2D eigenvalue weighted by atomic mass is 14.5. The maximum atomic E-state index is 5.58. The van der Waals surface area contributed by atoms with E-state index in [1.807, 2.05) is 13.0 Å². The SMILES string of the molecule is C=CC1=C(/C=C(\C)N)CCC1. The molecule has 60 valence electrons. The minimum atomic E-state index is 0.890. The molecule has 0 spiro atoms. The van der Waals surface area contributed by atoms with Gasteiger partial charge in [-0.15, -0.1) is 0 Å². The molecule has 0 unspecified atom stereocenters. The largest absolute Gasteiger partial charge is 0.402 e. The van der Waals surface area contributed by atoms with Gasteiger partial charge in [0.1, 0.15) is 0 Å². The third-order valence-electron chi connectivity index (χ3n) is 1.95. The summed E-state index contributed by atoms with van der Waals surface area (Å²) in [6.07, 6.45) is 7.59. The zero-order valence-electron chi connectivity index (χ0n) is 7.06. The highest BCUT2D eigenvalue weighted by molar-refractivity contribution is 5.36. The lowest BCUT2D eigenvalue weighted by Gasteiger charge is -1.96. The van der Waals surface area contributed by atoms with E-state index in [1.54, 1.807) is 0 Å². The summed E-state index contributed by atoms with van der Waals surface area (Å²) in [4.78, 5) is 0. The summed E-state index contributed by atoms with van der Waals surface area (Å²) in [6.45, 7) is 5.69. The van der Waals surface area contributed by atoms with Crippen molar-refractivity contribution >= 4 is 0 Å². The van der Waals surface area contributed by atoms with Gasteiger partial charge < -0.3 is 5.73 Å². The summed E-state index contributed by atoms with van der Waals surface area (Å²) >= 11 is 0. The van der Waals surface area contributed by atoms with Crippen LogP contribution in [0.5, 0.6) is 0 Å². The molecule has 0 bridgehead atoms. The predicted molar refractivity (Wildman–Crippen MR) is 49.0 cm³/mol. The molecule has 0 atom stereocenters. The van der Waals surface area contributed by atoms with E-state index in [-0.39, 0.29) is 0 Å². The smallest absolute Gasteiger partial charge is 0.00517 e. The van der Waals surface area contributed by atoms with Crippen LogP contribution >= 0.6 is 0 Å². The molecule has 0 aromatic carbocycles. The minimum absolute atomic E-state index is 0.890. The molecule has 0 aliphatic heterocycles. The quantitative estimate of drug-likeness (QED) is 0.641. The highest BCUT2D eigenvalue weighted by Crippen LogP contribution is 2.27. The van der Waals surface area contributed by atoms with E-state index in [1.165, 1.54) is 24.0 Å². The molecule has 1 aliphatic rings. The Morgan fingerprint density at radius 1 is 1.45 bits per heavy atom. The van der Waals surface area contributed by atoms with Gasteiger partial charge in [-0.2, -0.15) is 0 Å². The van der Waals surface area contributed by atoms with Crippen molar-refractivity contribution in [2.24, 2.45) is 5.73 Å². The van der Waals surface area contributed by atoms with Gasteiger partial charge in [-0.1, -0.05) is 12.7 Å². The minimum Gasteiger partial charge on any atom is -0.402 e. The molecule has 0 saturated heterocycles. The average Bonchev–Trinajstić information content (AvgIpc) is 2.34. The Morgan fingerprint density at radius 2 is 2.09 bits per heavy atom. The first kappa shape index (κ1) is 8.12. The molecule has 1 aliphatic carbocycles. The standard InChI is InChI=1S/C10H15N/c1-3-9-5-4-6-10(9)7-8(2)11/h3,7H,1,4-6,11H2,2H3/b8-7+. The summed E-state index contributed by atoms with van der Waals surface area (Å²) in [7, 11) is 0. The molecule has 2 N–H and O–H groups in total. The van der Waals surface area contributed by atoms with Gasteiger partial charge in [-0.3, -0.25) is 0 Å². The van der Waals surface area contributed by atoms with Crippen LogP contribution in [0, 0.1) is 0 Å². The van der Waals surface area contributed by atoms with E-state index in [4.69, 9.17) is 5.73 Å². The molecule has 0 heterocycles. The Bertz CT molecular complexity index is 217. The first-order valence-electron chi connectivity index (χ1n) is 4.02. The first-order chi connectivity index (χ1) is 5.24. The Kier molecular flexibility index (Phi) is 2.53. The summed E-state index contributed by atoms with van der Waals surface area (Å²) in [5, 5.41) is 0. The van der Waals surface area contributed by atoms with Gasteiger partial charge in [0, 0.05) is 5.70 Å². The van der Waals surface area contributed by atoms with Crippen molar-refractivity contribution < 1.29 is 0 Å². The van der Waals surface area contributed by atoms with Crippen LogP contribution in [0.4, 0.5) is 0 Å². The molecule has 0 fully saturated rings. The molecule has 0 radical (unpaired) electrons. The maximum Gasteiger partial charge on any atom is 0.00517 e. The fourth-order valence-electron chi connectivity index (χ4n) is 1.46. The van der Waals surface area contributed by atoms with Gasteiger partial charge >= 0.3 is 0 Å². The summed E-state index contributed by atoms with van der Waals surface area (Å²) in [6, 6.07) is 0. The molecule has 11 heavy (non-hydrogen) atoms. The van der Waals surface area contributed by atoms with Crippen molar-refractivity contribution in [1.82, 2.24) is 0 Å². The van der Waals surface area contributed by atoms with Crippen molar-refractivity contribution in [2.45, 2.75) is 26.2 Å². The Labute approximate surface area is 68.3 Å². The second-order valence-electron chi connectivity index (χ2n) is 3.00. The lowest BCUT2D eigenvalue weighted by atomic mass is 10.1. The Morgan fingerprint density at radius 3 is 2.64 bits per heavy atom. The van der Waals surface area contributed by atoms with Gasteiger partial charge in [0.25, 0.3) is 0 Å². The molecule has 1 heteroatoms. The molecule has 1 rings (SSSR count). The fourth-order valence-corrected chi connectivity index (χ4v) is 1.46. The normalized spacial score (nSPS) is 19.2. The predicted octanol–water partition coefficient (Wildman–Crippen LogP) is 2.52. The second kappa shape index (κ2) is 3.42. The number of allylic oxidation sites excluding steroid dienone is 5. The van der Waals surface area contributed by atoms with Gasteiger partial charge in [0.2, 0.25) is 0 Å². The van der Waals surface area contributed by atoms with E-state index < -0.39 is 0 Å². The van der Waals surface area contributed by atoms with Crippen LogP contribution in [0.15, 0.2) is 35.6 Å². The Hall–Kier alpha value is -0.980. The van der Waals surface area contributed by atoms with Crippen LogP contribution in [-0.2, 0) is 0 Å². The van der Waals surface area contributed by atoms with Crippen LogP contribution in [0.1, 0.15) is 26.2 Å². The lowest BCUT2D eigenvalue weighted by molar-refractivity contribution is 0.905. The van der Waals surface area contributed by atoms with Crippen molar-refractivity contribution in [1.29, 1.82) is 0 Å². The second-order valence-corrected chi connectivity index (χ2v) is 3.00. The van der Waals surface area contributed by atoms with Gasteiger partial charge in [0.05, 0.1) is 0 Å². The van der Waals surface area contributed by atoms with Crippen LogP contribution < -0.4 is 5.73 Å². The fraction of sp³-hybridized carbons (Fsp3) is 0.400. The van der Waals surface area contributed by atoms with Crippen molar-refractivity contribution in [2.75, 3.05) is 0 Å². The number of nitrogens with two attached hydrogens (primary N) is 1. The molecule has 1 nitrogen and oxygen atoms in total. The van der Waals surface area contributed by atoms with Crippen LogP contribution in [0.3, 0.4) is 0 Å². The Balaban J connectivity index is 2.83. The summed E-state index contributed by atoms with van der Waals surface area (Å²) < 4.78 is 0. The topological polar surface area (TPSA) is 26.0 Å². The van der Waals surface area contributed by atoms with Gasteiger partial charge in [-0.05, 0) is 43.4 Å². The van der Waals surface area contributed by atoms with Crippen molar-refractivity contribution in [3.63, 3.8) is 0 Å². The third kappa shape index (κ3) is 1.97. The highest BCUT2D eigenvalue weighted by Gasteiger charge is 2.08. The van der Waals surface area contributed by atoms with Crippen LogP contribution in [0.2, 0.25) is 0 Å². The third-order valence-corrected chi connectivity index (χ3v) is 1.95. The molecular formula is C10H15N. The van der Waals surface area contributed by atoms with E-state index in [0.29, 0.717) is 0 Å². The maximum absolute atomic E-state index is 5.58. The summed E-state index contributed by atoms with van der Waals surface area (Å²) in [5.41, 5.74) is 9.22. The van der Waals surface area contributed by atoms with Crippen molar-refractivity contribution in [3.05, 3.63) is 35.6 Å². The van der Waals surface area contributed by atoms with E-state index in [9.17, 15) is 0 Å². The van der Waals surface area contributed by atoms with Gasteiger partial charge in [0.15, 0.2) is 0 Å². The van der Waals surface area contributed by atoms with Crippen LogP contribution in [0.25, 0.3) is 0 Å². The zero-order chi connectivity index (χ0) is 8.27. The molecule has 0 amide bonds. The van der Waals surface area contributed by atoms with Crippen molar-refractivity contribution in [3.8, 4) is 0 Å². The first-order valence-corrected chi connectivity index (χ1v) is 4.02. The summed E-state index contributed by atoms with van der Waals surface area (Å²) in [5.74, 6) is 0. The molecular weight excluding hydrogens is 134 g/mol. The molecule has 0 saturated carbocycles. The van der Waals surface area contributed by atoms with Gasteiger partial charge in [-0.25, -0.2) is 0 Å². The number of hydrogen-bond donors (Lipinski definition) is 1. The molecule has 0 aromatic heterocycles. The van der Waals surface area contributed by atoms with Crippen LogP contribution in [-0.4, -0.2) is 0 Å². The van der Waals surface area contributed by atoms with E-state index >= 15 is 0 Å². The molecule has 0 aromatic rings. The zero-order valence-corrected chi connectivity index (χ0v) is 7.06. The number of hydrogen-bond acceptors (Lipinski definition) is 1. The van der Waals surface area contributed by atoms with E-state index in [2.05, 4.69) is 12.7 Å². The monoisotopic (exact) mass is 149 g/mol. The lowest BCUT2D eigenvalue weighted by Crippen LogP contribution is -1.91. The number of rotatable bonds is 2. The average molecular weight is 149 g/mol. The van der Waals surface area contributed by atoms with E-state index in [0.717, 1.165) is 12.1 Å².